The zero-order chi connectivity index (χ0) is 13.0. The Morgan fingerprint density at radius 2 is 1.83 bits per heavy atom. The van der Waals surface area contributed by atoms with E-state index in [0.29, 0.717) is 0 Å². The van der Waals surface area contributed by atoms with Gasteiger partial charge in [0.15, 0.2) is 0 Å². The van der Waals surface area contributed by atoms with Crippen LogP contribution in [-0.2, 0) is 0 Å². The summed E-state index contributed by atoms with van der Waals surface area (Å²) < 4.78 is 0. The van der Waals surface area contributed by atoms with Gasteiger partial charge in [-0.2, -0.15) is 0 Å². The molecule has 1 unspecified atom stereocenters. The third kappa shape index (κ3) is 3.29. The number of benzene rings is 1. The average Bonchev–Trinajstić information content (AvgIpc) is 2.83. The summed E-state index contributed by atoms with van der Waals surface area (Å²) in [5, 5.41) is 20.0. The van der Waals surface area contributed by atoms with E-state index in [1.165, 1.54) is 0 Å². The third-order valence-corrected chi connectivity index (χ3v) is 4.05. The molecule has 2 rings (SSSR count). The van der Waals surface area contributed by atoms with Gasteiger partial charge in [-0.05, 0) is 49.6 Å². The van der Waals surface area contributed by atoms with Gasteiger partial charge < -0.3 is 10.2 Å². The zero-order valence-corrected chi connectivity index (χ0v) is 11.3. The van der Waals surface area contributed by atoms with E-state index in [9.17, 15) is 10.2 Å². The van der Waals surface area contributed by atoms with Crippen molar-refractivity contribution in [2.45, 2.75) is 42.3 Å². The van der Waals surface area contributed by atoms with Gasteiger partial charge >= 0.3 is 0 Å². The van der Waals surface area contributed by atoms with Crippen molar-refractivity contribution in [2.24, 2.45) is 0 Å². The summed E-state index contributed by atoms with van der Waals surface area (Å²) in [5.74, 6) is 5.60. The van der Waals surface area contributed by atoms with E-state index in [0.717, 1.165) is 36.1 Å². The van der Waals surface area contributed by atoms with Crippen LogP contribution in [0.2, 0.25) is 0 Å². The lowest BCUT2D eigenvalue weighted by atomic mass is 10.0. The fourth-order valence-corrected chi connectivity index (χ4v) is 2.57. The summed E-state index contributed by atoms with van der Waals surface area (Å²) >= 11 is 1.66. The minimum absolute atomic E-state index is 0.720. The molecule has 0 aromatic heterocycles. The second kappa shape index (κ2) is 5.79. The van der Waals surface area contributed by atoms with Gasteiger partial charge in [-0.3, -0.25) is 0 Å². The Balaban J connectivity index is 2.07. The molecule has 0 saturated heterocycles. The summed E-state index contributed by atoms with van der Waals surface area (Å²) in [6.45, 7) is 0. The minimum atomic E-state index is -0.875. The Hall–Kier alpha value is -0.950. The van der Waals surface area contributed by atoms with Crippen molar-refractivity contribution in [3.8, 4) is 11.8 Å². The number of hydrogen-bond donors (Lipinski definition) is 2. The van der Waals surface area contributed by atoms with Crippen molar-refractivity contribution >= 4 is 11.8 Å². The maximum absolute atomic E-state index is 10.1. The van der Waals surface area contributed by atoms with Crippen LogP contribution in [0.15, 0.2) is 29.2 Å². The van der Waals surface area contributed by atoms with E-state index in [4.69, 9.17) is 0 Å². The van der Waals surface area contributed by atoms with Crippen LogP contribution in [0.4, 0.5) is 0 Å². The molecule has 1 aliphatic carbocycles. The molecule has 0 heterocycles. The third-order valence-electron chi connectivity index (χ3n) is 3.30. The van der Waals surface area contributed by atoms with Crippen LogP contribution >= 0.6 is 11.8 Å². The Labute approximate surface area is 112 Å². The summed E-state index contributed by atoms with van der Waals surface area (Å²) in [7, 11) is 0. The van der Waals surface area contributed by atoms with Crippen molar-refractivity contribution in [3.63, 3.8) is 0 Å². The quantitative estimate of drug-likeness (QED) is 0.636. The minimum Gasteiger partial charge on any atom is -0.378 e. The highest BCUT2D eigenvalue weighted by molar-refractivity contribution is 7.98. The molecule has 2 N–H and O–H groups in total. The Morgan fingerprint density at radius 3 is 2.39 bits per heavy atom. The first-order valence-electron chi connectivity index (χ1n) is 6.20. The first-order valence-corrected chi connectivity index (χ1v) is 7.42. The Kier molecular flexibility index (Phi) is 4.34. The van der Waals surface area contributed by atoms with Crippen LogP contribution in [0, 0.1) is 11.8 Å². The SMILES string of the molecule is CSc1ccc(C(O)C#CC2(O)CCCC2)cc1. The maximum Gasteiger partial charge on any atom is 0.140 e. The van der Waals surface area contributed by atoms with Crippen LogP contribution in [-0.4, -0.2) is 22.1 Å². The summed E-state index contributed by atoms with van der Waals surface area (Å²) in [6.07, 6.45) is 4.68. The molecule has 1 aromatic rings. The molecule has 1 fully saturated rings. The number of rotatable bonds is 2. The monoisotopic (exact) mass is 262 g/mol. The van der Waals surface area contributed by atoms with Crippen molar-refractivity contribution in [3.05, 3.63) is 29.8 Å². The predicted molar refractivity (Wildman–Crippen MR) is 74.4 cm³/mol. The van der Waals surface area contributed by atoms with E-state index in [1.807, 2.05) is 30.5 Å². The van der Waals surface area contributed by atoms with Crippen molar-refractivity contribution in [2.75, 3.05) is 6.26 Å². The lowest BCUT2D eigenvalue weighted by Gasteiger charge is -2.13. The molecule has 0 radical (unpaired) electrons. The van der Waals surface area contributed by atoms with Crippen LogP contribution in [0.3, 0.4) is 0 Å². The van der Waals surface area contributed by atoms with Gasteiger partial charge in [0.1, 0.15) is 11.7 Å². The molecule has 2 nitrogen and oxygen atoms in total. The highest BCUT2D eigenvalue weighted by Crippen LogP contribution is 2.29. The van der Waals surface area contributed by atoms with E-state index >= 15 is 0 Å². The molecular formula is C15H18O2S. The summed E-state index contributed by atoms with van der Waals surface area (Å²) in [5.41, 5.74) is -0.0953. The fraction of sp³-hybridized carbons (Fsp3) is 0.467. The van der Waals surface area contributed by atoms with Crippen LogP contribution in [0.25, 0.3) is 0 Å². The number of thioether (sulfide) groups is 1. The van der Waals surface area contributed by atoms with E-state index in [1.54, 1.807) is 11.8 Å². The Morgan fingerprint density at radius 1 is 1.22 bits per heavy atom. The lowest BCUT2D eigenvalue weighted by molar-refractivity contribution is 0.109. The molecule has 0 spiro atoms. The molecular weight excluding hydrogens is 244 g/mol. The molecule has 18 heavy (non-hydrogen) atoms. The van der Waals surface area contributed by atoms with Gasteiger partial charge in [-0.15, -0.1) is 11.8 Å². The van der Waals surface area contributed by atoms with Crippen LogP contribution in [0.1, 0.15) is 37.4 Å². The van der Waals surface area contributed by atoms with Gasteiger partial charge in [-0.1, -0.05) is 24.0 Å². The molecule has 3 heteroatoms. The van der Waals surface area contributed by atoms with Crippen LogP contribution < -0.4 is 0 Å². The molecule has 96 valence electrons. The smallest absolute Gasteiger partial charge is 0.140 e. The van der Waals surface area contributed by atoms with E-state index < -0.39 is 11.7 Å². The highest BCUT2D eigenvalue weighted by atomic mass is 32.2. The summed E-state index contributed by atoms with van der Waals surface area (Å²) in [4.78, 5) is 1.16. The molecule has 0 bridgehead atoms. The molecule has 1 saturated carbocycles. The largest absolute Gasteiger partial charge is 0.378 e. The highest BCUT2D eigenvalue weighted by Gasteiger charge is 2.28. The second-order valence-electron chi connectivity index (χ2n) is 4.68. The molecule has 1 aliphatic rings. The van der Waals surface area contributed by atoms with Crippen molar-refractivity contribution < 1.29 is 10.2 Å². The number of aliphatic hydroxyl groups is 2. The van der Waals surface area contributed by atoms with Gasteiger partial charge in [-0.25, -0.2) is 0 Å². The van der Waals surface area contributed by atoms with Crippen molar-refractivity contribution in [1.29, 1.82) is 0 Å². The number of aliphatic hydroxyl groups excluding tert-OH is 1. The number of hydrogen-bond acceptors (Lipinski definition) is 3. The second-order valence-corrected chi connectivity index (χ2v) is 5.56. The molecule has 0 amide bonds. The lowest BCUT2D eigenvalue weighted by Crippen LogP contribution is -2.21. The Bertz CT molecular complexity index is 450. The van der Waals surface area contributed by atoms with Gasteiger partial charge in [0.25, 0.3) is 0 Å². The van der Waals surface area contributed by atoms with Gasteiger partial charge in [0.05, 0.1) is 0 Å². The predicted octanol–water partition coefficient (Wildman–Crippen LogP) is 2.75. The molecule has 0 aliphatic heterocycles. The molecule has 1 aromatic carbocycles. The van der Waals surface area contributed by atoms with Crippen LogP contribution in [0.5, 0.6) is 0 Å². The summed E-state index contributed by atoms with van der Waals surface area (Å²) in [6, 6.07) is 7.69. The van der Waals surface area contributed by atoms with Crippen molar-refractivity contribution in [1.82, 2.24) is 0 Å². The zero-order valence-electron chi connectivity index (χ0n) is 10.5. The normalized spacial score (nSPS) is 19.1. The fourth-order valence-electron chi connectivity index (χ4n) is 2.16. The van der Waals surface area contributed by atoms with Gasteiger partial charge in [0, 0.05) is 4.90 Å². The topological polar surface area (TPSA) is 40.5 Å². The first-order chi connectivity index (χ1) is 8.63. The standard InChI is InChI=1S/C15H18O2S/c1-18-13-6-4-12(5-7-13)14(16)8-11-15(17)9-2-3-10-15/h4-7,14,16-17H,2-3,9-10H2,1H3. The van der Waals surface area contributed by atoms with E-state index in [2.05, 4.69) is 11.8 Å². The van der Waals surface area contributed by atoms with E-state index in [-0.39, 0.29) is 0 Å². The maximum atomic E-state index is 10.1. The first kappa shape index (κ1) is 13.5. The average molecular weight is 262 g/mol. The molecule has 1 atom stereocenters. The van der Waals surface area contributed by atoms with Gasteiger partial charge in [0.2, 0.25) is 0 Å².